The molecule has 24 heavy (non-hydrogen) atoms. The summed E-state index contributed by atoms with van der Waals surface area (Å²) in [5.41, 5.74) is 2.95. The smallest absolute Gasteiger partial charge is 0.275 e. The molecule has 0 radical (unpaired) electrons. The topological polar surface area (TPSA) is 59.4 Å². The lowest BCUT2D eigenvalue weighted by Crippen LogP contribution is -2.11. The number of nitrogens with one attached hydrogen (secondary N) is 1. The number of aromatic nitrogens is 3. The molecule has 1 N–H and O–H groups in total. The first-order valence-corrected chi connectivity index (χ1v) is 7.62. The van der Waals surface area contributed by atoms with Gasteiger partial charge in [0.1, 0.15) is 23.3 Å². The van der Waals surface area contributed by atoms with Crippen LogP contribution >= 0.6 is 0 Å². The van der Waals surface area contributed by atoms with E-state index in [1.165, 1.54) is 6.33 Å². The highest BCUT2D eigenvalue weighted by molar-refractivity contribution is 5.74. The number of aromatic amines is 1. The molecule has 0 saturated carbocycles. The molecule has 2 heterocycles. The molecule has 0 aliphatic heterocycles. The first-order valence-electron chi connectivity index (χ1n) is 7.62. The highest BCUT2D eigenvalue weighted by Crippen LogP contribution is 2.34. The van der Waals surface area contributed by atoms with Gasteiger partial charge in [-0.3, -0.25) is 4.79 Å². The molecular formula is C19H15N3O2. The fraction of sp³-hybridized carbons (Fsp3) is 0.0526. The van der Waals surface area contributed by atoms with E-state index in [0.717, 1.165) is 22.6 Å². The Labute approximate surface area is 138 Å². The van der Waals surface area contributed by atoms with Gasteiger partial charge in [0.2, 0.25) is 0 Å². The monoisotopic (exact) mass is 317 g/mol. The van der Waals surface area contributed by atoms with Crippen LogP contribution in [-0.4, -0.2) is 14.6 Å². The lowest BCUT2D eigenvalue weighted by atomic mass is 10.1. The summed E-state index contributed by atoms with van der Waals surface area (Å²) in [7, 11) is 0. The Morgan fingerprint density at radius 1 is 1.04 bits per heavy atom. The number of hydrogen-bond acceptors (Lipinski definition) is 3. The third-order valence-corrected chi connectivity index (χ3v) is 3.88. The van der Waals surface area contributed by atoms with E-state index in [-0.39, 0.29) is 5.56 Å². The Balaban J connectivity index is 1.90. The predicted octanol–water partition coefficient (Wildman–Crippen LogP) is 3.79. The quantitative estimate of drug-likeness (QED) is 0.625. The number of benzene rings is 2. The minimum atomic E-state index is -0.157. The number of ether oxygens (including phenoxy) is 1. The highest BCUT2D eigenvalue weighted by atomic mass is 16.5. The van der Waals surface area contributed by atoms with E-state index >= 15 is 0 Å². The molecule has 0 bridgehead atoms. The molecule has 4 rings (SSSR count). The molecule has 2 aromatic carbocycles. The van der Waals surface area contributed by atoms with Crippen molar-refractivity contribution in [3.05, 3.63) is 82.9 Å². The van der Waals surface area contributed by atoms with Crippen LogP contribution in [0.25, 0.3) is 16.8 Å². The van der Waals surface area contributed by atoms with Crippen molar-refractivity contribution in [2.45, 2.75) is 6.92 Å². The minimum Gasteiger partial charge on any atom is -0.457 e. The number of rotatable bonds is 3. The first-order chi connectivity index (χ1) is 11.7. The van der Waals surface area contributed by atoms with Gasteiger partial charge in [-0.05, 0) is 42.8 Å². The molecule has 118 valence electrons. The van der Waals surface area contributed by atoms with E-state index in [1.807, 2.05) is 67.6 Å². The maximum Gasteiger partial charge on any atom is 0.275 e. The zero-order valence-electron chi connectivity index (χ0n) is 13.1. The molecule has 0 spiro atoms. The van der Waals surface area contributed by atoms with Crippen LogP contribution in [0.2, 0.25) is 0 Å². The molecule has 5 nitrogen and oxygen atoms in total. The average Bonchev–Trinajstić information content (AvgIpc) is 2.94. The van der Waals surface area contributed by atoms with Gasteiger partial charge in [0.05, 0.1) is 5.69 Å². The van der Waals surface area contributed by atoms with Crippen LogP contribution in [0.5, 0.6) is 11.5 Å². The van der Waals surface area contributed by atoms with Gasteiger partial charge in [0.25, 0.3) is 5.56 Å². The van der Waals surface area contributed by atoms with Crippen molar-refractivity contribution >= 4 is 5.52 Å². The second-order valence-corrected chi connectivity index (χ2v) is 5.50. The van der Waals surface area contributed by atoms with Gasteiger partial charge >= 0.3 is 0 Å². The average molecular weight is 317 g/mol. The molecular weight excluding hydrogens is 302 g/mol. The number of aryl methyl sites for hydroxylation is 1. The highest BCUT2D eigenvalue weighted by Gasteiger charge is 2.15. The van der Waals surface area contributed by atoms with Gasteiger partial charge < -0.3 is 9.72 Å². The van der Waals surface area contributed by atoms with Gasteiger partial charge in [0.15, 0.2) is 0 Å². The van der Waals surface area contributed by atoms with Crippen molar-refractivity contribution < 1.29 is 4.74 Å². The fourth-order valence-electron chi connectivity index (χ4n) is 2.81. The van der Waals surface area contributed by atoms with Gasteiger partial charge in [-0.25, -0.2) is 4.52 Å². The molecule has 2 aromatic heterocycles. The number of nitrogens with zero attached hydrogens (tertiary/aromatic N) is 2. The van der Waals surface area contributed by atoms with Gasteiger partial charge in [-0.15, -0.1) is 0 Å². The molecule has 0 amide bonds. The maximum atomic E-state index is 12.1. The summed E-state index contributed by atoms with van der Waals surface area (Å²) in [5, 5.41) is 4.29. The Morgan fingerprint density at radius 3 is 2.62 bits per heavy atom. The van der Waals surface area contributed by atoms with Crippen molar-refractivity contribution in [2.75, 3.05) is 0 Å². The van der Waals surface area contributed by atoms with Crippen molar-refractivity contribution in [3.63, 3.8) is 0 Å². The number of hydrogen-bond donors (Lipinski definition) is 1. The lowest BCUT2D eigenvalue weighted by Gasteiger charge is -2.10. The molecule has 0 unspecified atom stereocenters. The normalized spacial score (nSPS) is 10.9. The van der Waals surface area contributed by atoms with Crippen LogP contribution < -0.4 is 10.3 Å². The van der Waals surface area contributed by atoms with Crippen LogP contribution in [0, 0.1) is 6.92 Å². The molecule has 4 aromatic rings. The maximum absolute atomic E-state index is 12.1. The van der Waals surface area contributed by atoms with Gasteiger partial charge in [-0.1, -0.05) is 30.3 Å². The van der Waals surface area contributed by atoms with E-state index in [0.29, 0.717) is 11.3 Å². The van der Waals surface area contributed by atoms with Crippen LogP contribution in [-0.2, 0) is 0 Å². The summed E-state index contributed by atoms with van der Waals surface area (Å²) in [5.74, 6) is 1.47. The molecule has 0 aliphatic carbocycles. The van der Waals surface area contributed by atoms with E-state index in [4.69, 9.17) is 4.74 Å². The summed E-state index contributed by atoms with van der Waals surface area (Å²) < 4.78 is 7.68. The minimum absolute atomic E-state index is 0.157. The first kappa shape index (κ1) is 14.3. The van der Waals surface area contributed by atoms with Crippen molar-refractivity contribution in [2.24, 2.45) is 0 Å². The largest absolute Gasteiger partial charge is 0.457 e. The van der Waals surface area contributed by atoms with Crippen LogP contribution in [0.15, 0.2) is 71.8 Å². The summed E-state index contributed by atoms with van der Waals surface area (Å²) in [4.78, 5) is 14.7. The number of H-pyrrole nitrogens is 1. The standard InChI is InChI=1S/C19H15N3O2/c1-13-11-16(22-18(13)19(23)20-12-21-22)15-9-5-6-10-17(15)24-14-7-3-2-4-8-14/h2-12H,1H3,(H,20,21,23). The fourth-order valence-corrected chi connectivity index (χ4v) is 2.81. The van der Waals surface area contributed by atoms with Crippen LogP contribution in [0.1, 0.15) is 5.56 Å². The number of para-hydroxylation sites is 2. The van der Waals surface area contributed by atoms with E-state index in [2.05, 4.69) is 10.1 Å². The Kier molecular flexibility index (Phi) is 3.39. The Hall–Kier alpha value is -3.34. The molecule has 0 aliphatic rings. The second-order valence-electron chi connectivity index (χ2n) is 5.50. The van der Waals surface area contributed by atoms with Crippen LogP contribution in [0.4, 0.5) is 0 Å². The summed E-state index contributed by atoms with van der Waals surface area (Å²) in [6.07, 6.45) is 1.40. The van der Waals surface area contributed by atoms with E-state index in [1.54, 1.807) is 4.52 Å². The molecule has 0 atom stereocenters. The summed E-state index contributed by atoms with van der Waals surface area (Å²) in [6.45, 7) is 1.90. The Morgan fingerprint density at radius 2 is 1.79 bits per heavy atom. The second kappa shape index (κ2) is 5.70. The number of fused-ring (bicyclic) bond motifs is 1. The predicted molar refractivity (Wildman–Crippen MR) is 92.5 cm³/mol. The van der Waals surface area contributed by atoms with Crippen LogP contribution in [0.3, 0.4) is 0 Å². The Bertz CT molecular complexity index is 1060. The zero-order chi connectivity index (χ0) is 16.5. The van der Waals surface area contributed by atoms with E-state index in [9.17, 15) is 4.79 Å². The third-order valence-electron chi connectivity index (χ3n) is 3.88. The van der Waals surface area contributed by atoms with Gasteiger partial charge in [0, 0.05) is 5.56 Å². The zero-order valence-corrected chi connectivity index (χ0v) is 13.1. The molecule has 0 saturated heterocycles. The summed E-state index contributed by atoms with van der Waals surface area (Å²) in [6, 6.07) is 19.3. The molecule has 0 fully saturated rings. The van der Waals surface area contributed by atoms with Crippen molar-refractivity contribution in [1.82, 2.24) is 14.6 Å². The third kappa shape index (κ3) is 2.36. The lowest BCUT2D eigenvalue weighted by molar-refractivity contribution is 0.484. The summed E-state index contributed by atoms with van der Waals surface area (Å²) >= 11 is 0. The molecule has 5 heteroatoms. The van der Waals surface area contributed by atoms with Crippen molar-refractivity contribution in [3.8, 4) is 22.8 Å². The van der Waals surface area contributed by atoms with Crippen molar-refractivity contribution in [1.29, 1.82) is 0 Å². The van der Waals surface area contributed by atoms with Gasteiger partial charge in [-0.2, -0.15) is 5.10 Å². The SMILES string of the molecule is Cc1cc(-c2ccccc2Oc2ccccc2)n2nc[nH]c(=O)c12. The van der Waals surface area contributed by atoms with E-state index < -0.39 is 0 Å².